The van der Waals surface area contributed by atoms with E-state index in [0.29, 0.717) is 9.13 Å². The summed E-state index contributed by atoms with van der Waals surface area (Å²) in [5, 5.41) is 51.0. The van der Waals surface area contributed by atoms with E-state index in [1.165, 1.54) is 31.4 Å². The monoisotopic (exact) mass is 609 g/mol. The number of hydrogen-bond acceptors (Lipinski definition) is 9. The highest BCUT2D eigenvalue weighted by Gasteiger charge is 2.66. The minimum absolute atomic E-state index is 0.0216. The summed E-state index contributed by atoms with van der Waals surface area (Å²) in [5.41, 5.74) is 0.971. The summed E-state index contributed by atoms with van der Waals surface area (Å²) in [6, 6.07) is 9.20. The highest BCUT2D eigenvalue weighted by molar-refractivity contribution is 14.1. The van der Waals surface area contributed by atoms with Gasteiger partial charge in [-0.1, -0.05) is 12.1 Å². The quantitative estimate of drug-likeness (QED) is 0.183. The van der Waals surface area contributed by atoms with Crippen LogP contribution in [0.2, 0.25) is 0 Å². The van der Waals surface area contributed by atoms with Crippen LogP contribution < -0.4 is 15.1 Å². The van der Waals surface area contributed by atoms with E-state index in [1.54, 1.807) is 12.1 Å². The van der Waals surface area contributed by atoms with Gasteiger partial charge in [0.15, 0.2) is 17.3 Å². The van der Waals surface area contributed by atoms with Gasteiger partial charge in [-0.25, -0.2) is 0 Å². The average Bonchev–Trinajstić information content (AvgIpc) is 3.33. The molecule has 2 saturated heterocycles. The topological polar surface area (TPSA) is 157 Å². The molecule has 0 unspecified atom stereocenters. The molecule has 12 heteroatoms. The fourth-order valence-corrected chi connectivity index (χ4v) is 6.54. The number of fused-ring (bicyclic) bond motifs is 3. The summed E-state index contributed by atoms with van der Waals surface area (Å²) in [7, 11) is -0.343. The van der Waals surface area contributed by atoms with Crippen molar-refractivity contribution in [2.24, 2.45) is 23.7 Å². The lowest BCUT2D eigenvalue weighted by Crippen LogP contribution is -2.54. The van der Waals surface area contributed by atoms with Crippen molar-refractivity contribution >= 4 is 52.7 Å². The first-order valence-corrected chi connectivity index (χ1v) is 12.6. The standard InChI is InChI=1S/C24H25BINO9/c1-35-19-6-11(5-17(26)21(19)29)18-9-16-20-15(7-12(10-28)24(16,32)36-18)22(30)27(23(20)31)14-4-2-3-13(8-14)25(33)34/h2-6,8,12,15-16,18,20,28-29,32-34H,7,9-10H2,1H3/t12-,15+,16+,18+,20+,24-/m1/s1. The predicted molar refractivity (Wildman–Crippen MR) is 135 cm³/mol. The van der Waals surface area contributed by atoms with E-state index in [1.807, 2.05) is 22.6 Å². The Morgan fingerprint density at radius 3 is 2.61 bits per heavy atom. The molecule has 0 radical (unpaired) electrons. The van der Waals surface area contributed by atoms with E-state index < -0.39 is 61.1 Å². The number of ether oxygens (including phenoxy) is 2. The summed E-state index contributed by atoms with van der Waals surface area (Å²) in [6.45, 7) is -0.437. The minimum atomic E-state index is -1.84. The normalized spacial score (nSPS) is 31.4. The van der Waals surface area contributed by atoms with Crippen molar-refractivity contribution in [3.05, 3.63) is 45.5 Å². The van der Waals surface area contributed by atoms with Crippen molar-refractivity contribution < 1.29 is 44.4 Å². The molecule has 190 valence electrons. The SMILES string of the molecule is COc1cc([C@@H]2C[C@H]3[C@H]4C(=O)N(c5cccc(B(O)O)c5)C(=O)[C@H]4C[C@H](CO)[C@@]3(O)O2)cc(I)c1O. The van der Waals surface area contributed by atoms with Crippen molar-refractivity contribution in [2.75, 3.05) is 18.6 Å². The van der Waals surface area contributed by atoms with Crippen molar-refractivity contribution in [2.45, 2.75) is 24.7 Å². The fourth-order valence-electron chi connectivity index (χ4n) is 5.91. The van der Waals surface area contributed by atoms with Gasteiger partial charge in [0, 0.05) is 11.8 Å². The third-order valence-corrected chi connectivity index (χ3v) is 8.48. The molecule has 0 bridgehead atoms. The van der Waals surface area contributed by atoms with E-state index >= 15 is 0 Å². The van der Waals surface area contributed by atoms with Crippen molar-refractivity contribution in [1.29, 1.82) is 0 Å². The van der Waals surface area contributed by atoms with E-state index in [0.717, 1.165) is 4.90 Å². The Bertz CT molecular complexity index is 1230. The number of carbonyl (C=O) groups is 2. The minimum Gasteiger partial charge on any atom is -0.504 e. The van der Waals surface area contributed by atoms with Crippen LogP contribution in [0.1, 0.15) is 24.5 Å². The van der Waals surface area contributed by atoms with Crippen LogP contribution in [-0.2, 0) is 14.3 Å². The summed E-state index contributed by atoms with van der Waals surface area (Å²) in [6.07, 6.45) is -0.401. The predicted octanol–water partition coefficient (Wildman–Crippen LogP) is 0.269. The molecule has 1 aliphatic carbocycles. The maximum absolute atomic E-state index is 13.7. The summed E-state index contributed by atoms with van der Waals surface area (Å²) in [5.74, 6) is -5.80. The van der Waals surface area contributed by atoms with Crippen molar-refractivity contribution in [3.63, 3.8) is 0 Å². The second-order valence-corrected chi connectivity index (χ2v) is 10.6. The molecule has 6 atom stereocenters. The number of phenols is 1. The number of benzene rings is 2. The number of methoxy groups -OCH3 is 1. The smallest absolute Gasteiger partial charge is 0.488 e. The Labute approximate surface area is 220 Å². The fraction of sp³-hybridized carbons (Fsp3) is 0.417. The van der Waals surface area contributed by atoms with Gasteiger partial charge in [0.1, 0.15) is 0 Å². The molecule has 3 fully saturated rings. The molecule has 36 heavy (non-hydrogen) atoms. The van der Waals surface area contributed by atoms with Gasteiger partial charge in [0.2, 0.25) is 11.8 Å². The van der Waals surface area contributed by atoms with Crippen LogP contribution in [0, 0.1) is 27.2 Å². The molecule has 5 N–H and O–H groups in total. The average molecular weight is 609 g/mol. The van der Waals surface area contributed by atoms with Gasteiger partial charge in [-0.3, -0.25) is 14.5 Å². The molecular weight excluding hydrogens is 584 g/mol. The number of aromatic hydroxyl groups is 1. The van der Waals surface area contributed by atoms with Gasteiger partial charge in [-0.05, 0) is 70.7 Å². The summed E-state index contributed by atoms with van der Waals surface area (Å²) in [4.78, 5) is 28.1. The van der Waals surface area contributed by atoms with Gasteiger partial charge < -0.3 is 34.8 Å². The number of aliphatic hydroxyl groups is 2. The van der Waals surface area contributed by atoms with Crippen LogP contribution in [0.3, 0.4) is 0 Å². The van der Waals surface area contributed by atoms with Crippen LogP contribution in [0.4, 0.5) is 5.69 Å². The number of amides is 2. The second kappa shape index (κ2) is 9.26. The largest absolute Gasteiger partial charge is 0.504 e. The third-order valence-electron chi connectivity index (χ3n) is 7.65. The molecular formula is C24H25BINO9. The maximum atomic E-state index is 13.7. The second-order valence-electron chi connectivity index (χ2n) is 9.48. The van der Waals surface area contributed by atoms with Gasteiger partial charge in [0.25, 0.3) is 0 Å². The van der Waals surface area contributed by atoms with Crippen LogP contribution in [0.25, 0.3) is 0 Å². The zero-order valence-corrected chi connectivity index (χ0v) is 21.4. The third kappa shape index (κ3) is 3.82. The van der Waals surface area contributed by atoms with E-state index in [2.05, 4.69) is 0 Å². The Morgan fingerprint density at radius 2 is 1.94 bits per heavy atom. The molecule has 2 aromatic rings. The van der Waals surface area contributed by atoms with E-state index in [9.17, 15) is 35.0 Å². The molecule has 0 aromatic heterocycles. The van der Waals surface area contributed by atoms with Crippen molar-refractivity contribution in [1.82, 2.24) is 0 Å². The van der Waals surface area contributed by atoms with E-state index in [-0.39, 0.29) is 35.5 Å². The zero-order valence-electron chi connectivity index (χ0n) is 19.2. The highest BCUT2D eigenvalue weighted by Crippen LogP contribution is 2.58. The number of carbonyl (C=O) groups excluding carboxylic acids is 2. The Kier molecular flexibility index (Phi) is 6.54. The van der Waals surface area contributed by atoms with Gasteiger partial charge in [-0.2, -0.15) is 0 Å². The molecule has 5 rings (SSSR count). The Balaban J connectivity index is 1.52. The summed E-state index contributed by atoms with van der Waals surface area (Å²) >= 11 is 1.96. The molecule has 0 spiro atoms. The van der Waals surface area contributed by atoms with Gasteiger partial charge in [0.05, 0.1) is 40.9 Å². The van der Waals surface area contributed by atoms with Crippen LogP contribution in [-0.4, -0.2) is 63.8 Å². The Morgan fingerprint density at radius 1 is 1.19 bits per heavy atom. The number of rotatable bonds is 5. The molecule has 2 aromatic carbocycles. The number of imide groups is 1. The summed E-state index contributed by atoms with van der Waals surface area (Å²) < 4.78 is 11.9. The lowest BCUT2D eigenvalue weighted by molar-refractivity contribution is -0.274. The molecule has 1 saturated carbocycles. The first-order chi connectivity index (χ1) is 17.1. The number of anilines is 1. The molecule has 10 nitrogen and oxygen atoms in total. The zero-order chi connectivity index (χ0) is 25.9. The van der Waals surface area contributed by atoms with Crippen molar-refractivity contribution in [3.8, 4) is 11.5 Å². The number of nitrogens with zero attached hydrogens (tertiary/aromatic N) is 1. The lowest BCUT2D eigenvalue weighted by Gasteiger charge is -2.44. The van der Waals surface area contributed by atoms with E-state index in [4.69, 9.17) is 9.47 Å². The van der Waals surface area contributed by atoms with Gasteiger partial charge >= 0.3 is 7.12 Å². The number of phenolic OH excluding ortho intramolecular Hbond substituents is 1. The highest BCUT2D eigenvalue weighted by atomic mass is 127. The maximum Gasteiger partial charge on any atom is 0.488 e. The first kappa shape index (κ1) is 25.4. The Hall–Kier alpha value is -2.23. The first-order valence-electron chi connectivity index (χ1n) is 11.5. The molecule has 3 aliphatic rings. The molecule has 2 aliphatic heterocycles. The molecule has 2 amide bonds. The van der Waals surface area contributed by atoms with Crippen LogP contribution in [0.15, 0.2) is 36.4 Å². The number of aliphatic hydroxyl groups excluding tert-OH is 1. The number of halogens is 1. The van der Waals surface area contributed by atoms with Crippen LogP contribution in [0.5, 0.6) is 11.5 Å². The molecule has 2 heterocycles. The van der Waals surface area contributed by atoms with Gasteiger partial charge in [-0.15, -0.1) is 0 Å². The number of hydrogen-bond donors (Lipinski definition) is 5. The lowest BCUT2D eigenvalue weighted by atomic mass is 9.64. The van der Waals surface area contributed by atoms with Crippen LogP contribution >= 0.6 is 22.6 Å².